The fourth-order valence-corrected chi connectivity index (χ4v) is 2.81. The topological polar surface area (TPSA) is 174 Å². The molecule has 0 aromatic heterocycles. The Bertz CT molecular complexity index is 933. The number of rotatable bonds is 11. The Balaban J connectivity index is 1.71. The normalized spacial score (nSPS) is 12.3. The van der Waals surface area contributed by atoms with Crippen LogP contribution >= 0.6 is 0 Å². The number of nitrogens with two attached hydrogens (primary N) is 1. The molecule has 6 N–H and O–H groups in total. The second-order valence-electron chi connectivity index (χ2n) is 7.10. The zero-order valence-corrected chi connectivity index (χ0v) is 17.2. The van der Waals surface area contributed by atoms with Crippen LogP contribution in [-0.4, -0.2) is 54.0 Å². The third kappa shape index (κ3) is 8.44. The Morgan fingerprint density at radius 2 is 1.44 bits per heavy atom. The molecule has 10 heteroatoms. The molecule has 3 amide bonds. The van der Waals surface area contributed by atoms with E-state index in [0.717, 1.165) is 5.56 Å². The van der Waals surface area contributed by atoms with E-state index in [1.54, 1.807) is 42.5 Å². The lowest BCUT2D eigenvalue weighted by molar-refractivity contribution is -0.308. The third-order valence-electron chi connectivity index (χ3n) is 4.50. The Morgan fingerprint density at radius 1 is 0.844 bits per heavy atom. The number of aliphatic carboxylic acids is 1. The van der Waals surface area contributed by atoms with Crippen LogP contribution in [-0.2, 0) is 32.0 Å². The Labute approximate surface area is 184 Å². The number of carboxylic acids is 1. The number of benzene rings is 2. The van der Waals surface area contributed by atoms with Gasteiger partial charge in [-0.05, 0) is 36.1 Å². The second-order valence-corrected chi connectivity index (χ2v) is 7.10. The molecule has 0 aliphatic rings. The van der Waals surface area contributed by atoms with Gasteiger partial charge in [0.1, 0.15) is 5.75 Å². The molecule has 0 aliphatic carbocycles. The number of hydrogen-bond acceptors (Lipinski definition) is 7. The molecule has 170 valence electrons. The van der Waals surface area contributed by atoms with Gasteiger partial charge in [0.25, 0.3) is 0 Å². The van der Waals surface area contributed by atoms with Gasteiger partial charge in [0.05, 0.1) is 31.1 Å². The number of amides is 3. The van der Waals surface area contributed by atoms with Crippen molar-refractivity contribution in [2.45, 2.75) is 24.9 Å². The Morgan fingerprint density at radius 3 is 2.06 bits per heavy atom. The van der Waals surface area contributed by atoms with Crippen LogP contribution in [0.1, 0.15) is 11.1 Å². The van der Waals surface area contributed by atoms with Crippen LogP contribution in [0.4, 0.5) is 0 Å². The van der Waals surface area contributed by atoms with E-state index in [4.69, 9.17) is 5.73 Å². The van der Waals surface area contributed by atoms with Crippen molar-refractivity contribution in [2.75, 3.05) is 13.1 Å². The first-order valence-electron chi connectivity index (χ1n) is 9.86. The Kier molecular flexibility index (Phi) is 9.18. The molecule has 2 atom stereocenters. The summed E-state index contributed by atoms with van der Waals surface area (Å²) in [5.41, 5.74) is 7.26. The zero-order chi connectivity index (χ0) is 23.5. The van der Waals surface area contributed by atoms with Crippen molar-refractivity contribution in [3.8, 4) is 5.75 Å². The van der Waals surface area contributed by atoms with E-state index < -0.39 is 48.9 Å². The molecule has 0 saturated carbocycles. The van der Waals surface area contributed by atoms with E-state index in [1.807, 2.05) is 0 Å². The average molecular weight is 441 g/mol. The molecule has 0 radical (unpaired) electrons. The molecule has 0 aliphatic heterocycles. The van der Waals surface area contributed by atoms with Gasteiger partial charge in [-0.15, -0.1) is 0 Å². The summed E-state index contributed by atoms with van der Waals surface area (Å²) in [6.45, 7) is -0.865. The maximum absolute atomic E-state index is 12.0. The van der Waals surface area contributed by atoms with E-state index in [1.165, 1.54) is 12.1 Å². The van der Waals surface area contributed by atoms with Gasteiger partial charge in [-0.3, -0.25) is 14.4 Å². The SMILES string of the molecule is N[C@@H](Cc1ccc(O)cc1)C(=O)NCC(=O)NCC(=O)N[C@@H](Cc1ccccc1)C(=O)[O-]. The summed E-state index contributed by atoms with van der Waals surface area (Å²) in [5.74, 6) is -3.25. The highest BCUT2D eigenvalue weighted by Crippen LogP contribution is 2.10. The van der Waals surface area contributed by atoms with Crippen molar-refractivity contribution in [2.24, 2.45) is 5.73 Å². The molecule has 32 heavy (non-hydrogen) atoms. The second kappa shape index (κ2) is 12.1. The Hall–Kier alpha value is -3.92. The van der Waals surface area contributed by atoms with Crippen LogP contribution < -0.4 is 26.8 Å². The maximum atomic E-state index is 12.0. The van der Waals surface area contributed by atoms with Crippen molar-refractivity contribution in [1.82, 2.24) is 16.0 Å². The standard InChI is InChI=1S/C22H26N4O6/c23-17(10-15-6-8-16(27)9-7-15)21(30)25-12-19(28)24-13-20(29)26-18(22(31)32)11-14-4-2-1-3-5-14/h1-9,17-18,27H,10-13,23H2,(H,24,28)(H,25,30)(H,26,29)(H,31,32)/p-1/t17-,18-/m0/s1. The fraction of sp³-hybridized carbons (Fsp3) is 0.273. The molecule has 2 aromatic carbocycles. The van der Waals surface area contributed by atoms with Crippen molar-refractivity contribution in [3.05, 3.63) is 65.7 Å². The molecular weight excluding hydrogens is 416 g/mol. The van der Waals surface area contributed by atoms with E-state index >= 15 is 0 Å². The minimum absolute atomic E-state index is 0.0395. The first kappa shape index (κ1) is 24.4. The van der Waals surface area contributed by atoms with Gasteiger partial charge in [-0.1, -0.05) is 42.5 Å². The van der Waals surface area contributed by atoms with Gasteiger partial charge in [0.15, 0.2) is 0 Å². The lowest BCUT2D eigenvalue weighted by Crippen LogP contribution is -2.52. The molecule has 0 heterocycles. The summed E-state index contributed by atoms with van der Waals surface area (Å²) >= 11 is 0. The molecule has 2 aromatic rings. The van der Waals surface area contributed by atoms with Crippen molar-refractivity contribution in [1.29, 1.82) is 0 Å². The van der Waals surface area contributed by atoms with Crippen LogP contribution in [0.25, 0.3) is 0 Å². The lowest BCUT2D eigenvalue weighted by Gasteiger charge is -2.20. The van der Waals surface area contributed by atoms with Crippen molar-refractivity contribution in [3.63, 3.8) is 0 Å². The number of carbonyl (C=O) groups is 4. The zero-order valence-electron chi connectivity index (χ0n) is 17.2. The van der Waals surface area contributed by atoms with Crippen LogP contribution in [0.2, 0.25) is 0 Å². The van der Waals surface area contributed by atoms with Gasteiger partial charge in [0, 0.05) is 0 Å². The average Bonchev–Trinajstić information content (AvgIpc) is 2.77. The van der Waals surface area contributed by atoms with E-state index in [2.05, 4.69) is 16.0 Å². The summed E-state index contributed by atoms with van der Waals surface area (Å²) in [4.78, 5) is 47.2. The van der Waals surface area contributed by atoms with Crippen LogP contribution in [0.3, 0.4) is 0 Å². The van der Waals surface area contributed by atoms with Gasteiger partial charge >= 0.3 is 0 Å². The fourth-order valence-electron chi connectivity index (χ4n) is 2.81. The van der Waals surface area contributed by atoms with Gasteiger partial charge in [-0.25, -0.2) is 0 Å². The molecule has 0 unspecified atom stereocenters. The van der Waals surface area contributed by atoms with E-state index in [-0.39, 0.29) is 18.6 Å². The molecule has 2 rings (SSSR count). The van der Waals surface area contributed by atoms with Crippen LogP contribution in [0, 0.1) is 0 Å². The predicted octanol–water partition coefficient (Wildman–Crippen LogP) is -2.03. The monoisotopic (exact) mass is 441 g/mol. The third-order valence-corrected chi connectivity index (χ3v) is 4.50. The molecule has 0 spiro atoms. The number of carbonyl (C=O) groups excluding carboxylic acids is 4. The molecule has 0 saturated heterocycles. The molecule has 10 nitrogen and oxygen atoms in total. The maximum Gasteiger partial charge on any atom is 0.239 e. The first-order valence-corrected chi connectivity index (χ1v) is 9.86. The van der Waals surface area contributed by atoms with Gasteiger partial charge in [0.2, 0.25) is 17.7 Å². The van der Waals surface area contributed by atoms with Gasteiger partial charge in [-0.2, -0.15) is 0 Å². The van der Waals surface area contributed by atoms with Crippen LogP contribution in [0.15, 0.2) is 54.6 Å². The lowest BCUT2D eigenvalue weighted by atomic mass is 10.1. The minimum Gasteiger partial charge on any atom is -0.548 e. The molecule has 0 fully saturated rings. The summed E-state index contributed by atoms with van der Waals surface area (Å²) < 4.78 is 0. The highest BCUT2D eigenvalue weighted by Gasteiger charge is 2.17. The minimum atomic E-state index is -1.44. The quantitative estimate of drug-likeness (QED) is 0.267. The predicted molar refractivity (Wildman–Crippen MR) is 113 cm³/mol. The molecule has 0 bridgehead atoms. The highest BCUT2D eigenvalue weighted by atomic mass is 16.4. The number of phenolic OH excluding ortho intramolecular Hbond substituents is 1. The number of aromatic hydroxyl groups is 1. The number of nitrogens with one attached hydrogen (secondary N) is 3. The van der Waals surface area contributed by atoms with E-state index in [9.17, 15) is 29.4 Å². The summed E-state index contributed by atoms with van der Waals surface area (Å²) in [6.07, 6.45) is 0.250. The van der Waals surface area contributed by atoms with Crippen molar-refractivity contribution < 1.29 is 29.4 Å². The molecular formula is C22H25N4O6-. The van der Waals surface area contributed by atoms with Gasteiger partial charge < -0.3 is 36.7 Å². The number of hydrogen-bond donors (Lipinski definition) is 5. The summed E-state index contributed by atoms with van der Waals surface area (Å²) in [5, 5.41) is 27.5. The summed E-state index contributed by atoms with van der Waals surface area (Å²) in [6, 6.07) is 12.8. The number of carboxylic acid groups (broad SMARTS) is 1. The van der Waals surface area contributed by atoms with Crippen molar-refractivity contribution >= 4 is 23.7 Å². The highest BCUT2D eigenvalue weighted by molar-refractivity contribution is 5.90. The largest absolute Gasteiger partial charge is 0.548 e. The first-order chi connectivity index (χ1) is 15.2. The smallest absolute Gasteiger partial charge is 0.239 e. The van der Waals surface area contributed by atoms with Crippen LogP contribution in [0.5, 0.6) is 5.75 Å². The van der Waals surface area contributed by atoms with E-state index in [0.29, 0.717) is 5.56 Å². The summed E-state index contributed by atoms with van der Waals surface area (Å²) in [7, 11) is 0. The number of phenols is 1.